The number of aryl methyl sites for hydroxylation is 2. The van der Waals surface area contributed by atoms with Gasteiger partial charge in [0.05, 0.1) is 22.9 Å². The topological polar surface area (TPSA) is 70.7 Å². The Morgan fingerprint density at radius 2 is 1.87 bits per heavy atom. The lowest BCUT2D eigenvalue weighted by molar-refractivity contribution is -0.112. The number of benzene rings is 2. The number of amides is 1. The van der Waals surface area contributed by atoms with Gasteiger partial charge in [-0.1, -0.05) is 53.0 Å². The number of nitrogens with one attached hydrogen (secondary N) is 1. The van der Waals surface area contributed by atoms with Crippen molar-refractivity contribution in [2.75, 3.05) is 5.32 Å². The summed E-state index contributed by atoms with van der Waals surface area (Å²) in [5.41, 5.74) is 5.02. The summed E-state index contributed by atoms with van der Waals surface area (Å²) in [7, 11) is 0. The van der Waals surface area contributed by atoms with Gasteiger partial charge in [0.25, 0.3) is 5.91 Å². The second-order valence-corrected chi connectivity index (χ2v) is 7.82. The van der Waals surface area contributed by atoms with Crippen LogP contribution in [-0.4, -0.2) is 15.7 Å². The van der Waals surface area contributed by atoms with Gasteiger partial charge in [0.2, 0.25) is 0 Å². The fourth-order valence-corrected chi connectivity index (χ4v) is 3.47. The first-order chi connectivity index (χ1) is 14.3. The Bertz CT molecular complexity index is 1170. The molecular weight excluding hydrogens is 419 g/mol. The molecule has 0 bridgehead atoms. The number of nitriles is 1. The second kappa shape index (κ2) is 9.17. The van der Waals surface area contributed by atoms with Crippen LogP contribution in [0.5, 0.6) is 0 Å². The fourth-order valence-electron chi connectivity index (χ4n) is 3.01. The van der Waals surface area contributed by atoms with E-state index in [1.807, 2.05) is 31.5 Å². The summed E-state index contributed by atoms with van der Waals surface area (Å²) >= 11 is 12.0. The van der Waals surface area contributed by atoms with Gasteiger partial charge in [-0.15, -0.1) is 0 Å². The molecule has 0 radical (unpaired) electrons. The minimum atomic E-state index is -0.549. The van der Waals surface area contributed by atoms with E-state index in [0.717, 1.165) is 22.5 Å². The van der Waals surface area contributed by atoms with Crippen LogP contribution in [0.1, 0.15) is 28.1 Å². The highest BCUT2D eigenvalue weighted by molar-refractivity contribution is 6.36. The van der Waals surface area contributed by atoms with Gasteiger partial charge >= 0.3 is 0 Å². The molecule has 30 heavy (non-hydrogen) atoms. The Hall–Kier alpha value is -3.07. The molecule has 1 amide bonds. The number of hydrogen-bond acceptors (Lipinski definition) is 3. The second-order valence-electron chi connectivity index (χ2n) is 6.98. The summed E-state index contributed by atoms with van der Waals surface area (Å²) in [5, 5.41) is 17.5. The van der Waals surface area contributed by atoms with Gasteiger partial charge in [-0.3, -0.25) is 9.48 Å². The first-order valence-corrected chi connectivity index (χ1v) is 10.0. The van der Waals surface area contributed by atoms with E-state index >= 15 is 0 Å². The monoisotopic (exact) mass is 438 g/mol. The molecule has 0 fully saturated rings. The van der Waals surface area contributed by atoms with E-state index < -0.39 is 5.91 Å². The largest absolute Gasteiger partial charge is 0.320 e. The normalized spacial score (nSPS) is 11.3. The van der Waals surface area contributed by atoms with Crippen molar-refractivity contribution in [2.45, 2.75) is 27.3 Å². The van der Waals surface area contributed by atoms with E-state index in [1.54, 1.807) is 18.2 Å². The molecule has 0 saturated heterocycles. The third-order valence-electron chi connectivity index (χ3n) is 4.72. The molecular formula is C23H20Cl2N4O. The molecule has 152 valence electrons. The van der Waals surface area contributed by atoms with Crippen molar-refractivity contribution >= 4 is 40.9 Å². The van der Waals surface area contributed by atoms with E-state index in [0.29, 0.717) is 22.3 Å². The molecule has 0 unspecified atom stereocenters. The maximum Gasteiger partial charge on any atom is 0.266 e. The Morgan fingerprint density at radius 1 is 1.17 bits per heavy atom. The van der Waals surface area contributed by atoms with Crippen molar-refractivity contribution in [1.29, 1.82) is 5.26 Å². The molecule has 3 rings (SSSR count). The summed E-state index contributed by atoms with van der Waals surface area (Å²) in [6.45, 7) is 6.42. The number of carbonyl (C=O) groups is 1. The lowest BCUT2D eigenvalue weighted by Crippen LogP contribution is -2.13. The van der Waals surface area contributed by atoms with Crippen molar-refractivity contribution in [2.24, 2.45) is 0 Å². The highest BCUT2D eigenvalue weighted by atomic mass is 35.5. The number of rotatable bonds is 5. The predicted molar refractivity (Wildman–Crippen MR) is 121 cm³/mol. The van der Waals surface area contributed by atoms with E-state index in [-0.39, 0.29) is 5.57 Å². The maximum atomic E-state index is 12.6. The molecule has 5 nitrogen and oxygen atoms in total. The van der Waals surface area contributed by atoms with Crippen molar-refractivity contribution in [3.05, 3.63) is 86.2 Å². The van der Waals surface area contributed by atoms with Crippen LogP contribution in [0.3, 0.4) is 0 Å². The molecule has 0 aliphatic carbocycles. The van der Waals surface area contributed by atoms with Crippen LogP contribution >= 0.6 is 23.2 Å². The van der Waals surface area contributed by atoms with Crippen LogP contribution < -0.4 is 5.32 Å². The minimum absolute atomic E-state index is 0.0397. The molecule has 0 aliphatic rings. The van der Waals surface area contributed by atoms with Gasteiger partial charge < -0.3 is 5.32 Å². The third-order valence-corrected chi connectivity index (χ3v) is 5.27. The molecule has 3 aromatic rings. The Kier molecular flexibility index (Phi) is 6.61. The van der Waals surface area contributed by atoms with Gasteiger partial charge in [0.1, 0.15) is 11.6 Å². The number of aromatic nitrogens is 2. The molecule has 0 atom stereocenters. The first kappa shape index (κ1) is 21.6. The zero-order valence-corrected chi connectivity index (χ0v) is 18.3. The number of hydrogen-bond donors (Lipinski definition) is 1. The van der Waals surface area contributed by atoms with Crippen LogP contribution in [0, 0.1) is 32.1 Å². The lowest BCUT2D eigenvalue weighted by atomic mass is 10.1. The van der Waals surface area contributed by atoms with Crippen LogP contribution in [0.4, 0.5) is 5.69 Å². The van der Waals surface area contributed by atoms with E-state index in [1.165, 1.54) is 11.6 Å². The molecule has 7 heteroatoms. The van der Waals surface area contributed by atoms with Crippen molar-refractivity contribution < 1.29 is 4.79 Å². The van der Waals surface area contributed by atoms with E-state index in [2.05, 4.69) is 34.7 Å². The van der Waals surface area contributed by atoms with Gasteiger partial charge in [0, 0.05) is 16.3 Å². The summed E-state index contributed by atoms with van der Waals surface area (Å²) in [6, 6.07) is 14.9. The zero-order chi connectivity index (χ0) is 21.8. The maximum absolute atomic E-state index is 12.6. The van der Waals surface area contributed by atoms with E-state index in [4.69, 9.17) is 23.2 Å². The molecule has 2 aromatic carbocycles. The fraction of sp³-hybridized carbons (Fsp3) is 0.174. The zero-order valence-electron chi connectivity index (χ0n) is 16.8. The lowest BCUT2D eigenvalue weighted by Gasteiger charge is -2.07. The third kappa shape index (κ3) is 4.91. The molecule has 1 aromatic heterocycles. The van der Waals surface area contributed by atoms with Gasteiger partial charge in [-0.25, -0.2) is 0 Å². The Labute approximate surface area is 185 Å². The summed E-state index contributed by atoms with van der Waals surface area (Å²) in [6.07, 6.45) is 1.56. The molecule has 1 heterocycles. The Balaban J connectivity index is 1.86. The van der Waals surface area contributed by atoms with E-state index in [9.17, 15) is 10.1 Å². The highest BCUT2D eigenvalue weighted by Gasteiger charge is 2.16. The SMILES string of the molecule is Cc1ccc(Cn2nc(C)c(/C=C(\C#N)C(=O)Nc3ccc(Cl)cc3Cl)c2C)cc1. The molecule has 1 N–H and O–H groups in total. The molecule has 0 saturated carbocycles. The average Bonchev–Trinajstić information content (AvgIpc) is 2.96. The number of nitrogens with zero attached hydrogens (tertiary/aromatic N) is 3. The first-order valence-electron chi connectivity index (χ1n) is 9.26. The smallest absolute Gasteiger partial charge is 0.266 e. The Morgan fingerprint density at radius 3 is 2.50 bits per heavy atom. The average molecular weight is 439 g/mol. The number of anilines is 1. The molecule has 0 spiro atoms. The summed E-state index contributed by atoms with van der Waals surface area (Å²) in [4.78, 5) is 12.6. The van der Waals surface area contributed by atoms with Crippen LogP contribution in [-0.2, 0) is 11.3 Å². The highest BCUT2D eigenvalue weighted by Crippen LogP contribution is 2.26. The van der Waals surface area contributed by atoms with Crippen molar-refractivity contribution in [1.82, 2.24) is 9.78 Å². The predicted octanol–water partition coefficient (Wildman–Crippen LogP) is 5.71. The van der Waals surface area contributed by atoms with Gasteiger partial charge in [0.15, 0.2) is 0 Å². The van der Waals surface area contributed by atoms with Crippen LogP contribution in [0.2, 0.25) is 10.0 Å². The molecule has 0 aliphatic heterocycles. The van der Waals surface area contributed by atoms with Crippen molar-refractivity contribution in [3.8, 4) is 6.07 Å². The van der Waals surface area contributed by atoms with Crippen LogP contribution in [0.15, 0.2) is 48.0 Å². The summed E-state index contributed by atoms with van der Waals surface area (Å²) in [5.74, 6) is -0.549. The minimum Gasteiger partial charge on any atom is -0.320 e. The quantitative estimate of drug-likeness (QED) is 0.409. The van der Waals surface area contributed by atoms with Crippen LogP contribution in [0.25, 0.3) is 6.08 Å². The van der Waals surface area contributed by atoms with Gasteiger partial charge in [-0.05, 0) is 50.6 Å². The summed E-state index contributed by atoms with van der Waals surface area (Å²) < 4.78 is 1.87. The number of halogens is 2. The van der Waals surface area contributed by atoms with Crippen molar-refractivity contribution in [3.63, 3.8) is 0 Å². The van der Waals surface area contributed by atoms with Gasteiger partial charge in [-0.2, -0.15) is 10.4 Å². The number of carbonyl (C=O) groups excluding carboxylic acids is 1. The standard InChI is InChI=1S/C23H20Cl2N4O/c1-14-4-6-17(7-5-14)13-29-16(3)20(15(2)28-29)10-18(12-26)23(30)27-22-9-8-19(24)11-21(22)25/h4-11H,13H2,1-3H3,(H,27,30)/b18-10+.